The highest BCUT2D eigenvalue weighted by Crippen LogP contribution is 2.23. The van der Waals surface area contributed by atoms with Gasteiger partial charge in [-0.05, 0) is 44.7 Å². The summed E-state index contributed by atoms with van der Waals surface area (Å²) in [6.07, 6.45) is 3.92. The van der Waals surface area contributed by atoms with Gasteiger partial charge in [-0.3, -0.25) is 0 Å². The van der Waals surface area contributed by atoms with Crippen molar-refractivity contribution in [2.45, 2.75) is 51.3 Å². The van der Waals surface area contributed by atoms with Gasteiger partial charge in [0.2, 0.25) is 10.0 Å². The molecule has 1 aromatic heterocycles. The van der Waals surface area contributed by atoms with Crippen LogP contribution in [0.25, 0.3) is 0 Å². The molecule has 25 heavy (non-hydrogen) atoms. The van der Waals surface area contributed by atoms with E-state index < -0.39 is 16.1 Å². The second-order valence-corrected chi connectivity index (χ2v) is 8.69. The van der Waals surface area contributed by atoms with Crippen molar-refractivity contribution in [3.63, 3.8) is 0 Å². The number of nitrogens with one attached hydrogen (secondary N) is 1. The zero-order chi connectivity index (χ0) is 18.6. The van der Waals surface area contributed by atoms with Gasteiger partial charge in [-0.1, -0.05) is 17.7 Å². The largest absolute Gasteiger partial charge is 0.447 e. The van der Waals surface area contributed by atoms with Crippen LogP contribution in [0.4, 0.5) is 4.79 Å². The molecule has 0 spiro atoms. The summed E-state index contributed by atoms with van der Waals surface area (Å²) < 4.78 is 31.4. The van der Waals surface area contributed by atoms with Gasteiger partial charge in [0.05, 0.1) is 18.4 Å². The summed E-state index contributed by atoms with van der Waals surface area (Å²) in [4.78, 5) is 18.1. The number of hydrogen-bond acceptors (Lipinski definition) is 5. The fraction of sp³-hybridized carbons (Fsp3) is 0.625. The molecule has 1 amide bonds. The summed E-state index contributed by atoms with van der Waals surface area (Å²) in [5.74, 6) is 0. The van der Waals surface area contributed by atoms with Crippen LogP contribution in [-0.2, 0) is 21.2 Å². The molecule has 0 aliphatic carbocycles. The van der Waals surface area contributed by atoms with Crippen LogP contribution in [0, 0.1) is 0 Å². The van der Waals surface area contributed by atoms with Crippen molar-refractivity contribution < 1.29 is 17.9 Å². The van der Waals surface area contributed by atoms with Crippen molar-refractivity contribution in [1.29, 1.82) is 0 Å². The minimum Gasteiger partial charge on any atom is -0.447 e. The fourth-order valence-corrected chi connectivity index (χ4v) is 3.92. The van der Waals surface area contributed by atoms with Gasteiger partial charge in [0.1, 0.15) is 5.15 Å². The lowest BCUT2D eigenvalue weighted by Gasteiger charge is -2.41. The summed E-state index contributed by atoms with van der Waals surface area (Å²) in [5, 5.41) is 0.384. The van der Waals surface area contributed by atoms with Crippen LogP contribution in [0.3, 0.4) is 0 Å². The zero-order valence-corrected chi connectivity index (χ0v) is 16.2. The second kappa shape index (κ2) is 8.33. The molecule has 1 fully saturated rings. The van der Waals surface area contributed by atoms with E-state index in [-0.39, 0.29) is 18.2 Å². The highest BCUT2D eigenvalue weighted by atomic mass is 35.5. The number of piperidine rings is 1. The highest BCUT2D eigenvalue weighted by molar-refractivity contribution is 7.88. The third kappa shape index (κ3) is 6.13. The van der Waals surface area contributed by atoms with Crippen LogP contribution in [0.2, 0.25) is 5.15 Å². The van der Waals surface area contributed by atoms with Crippen LogP contribution < -0.4 is 4.72 Å². The first-order valence-corrected chi connectivity index (χ1v) is 10.5. The summed E-state index contributed by atoms with van der Waals surface area (Å²) in [6.45, 7) is 4.09. The van der Waals surface area contributed by atoms with Crippen LogP contribution >= 0.6 is 11.6 Å². The molecule has 7 nitrogen and oxygen atoms in total. The van der Waals surface area contributed by atoms with Crippen LogP contribution in [-0.4, -0.2) is 55.4 Å². The predicted molar refractivity (Wildman–Crippen MR) is 96.1 cm³/mol. The smallest absolute Gasteiger partial charge is 0.410 e. The molecule has 1 aliphatic rings. The third-order valence-electron chi connectivity index (χ3n) is 3.95. The highest BCUT2D eigenvalue weighted by Gasteiger charge is 2.36. The average molecular weight is 390 g/mol. The Morgan fingerprint density at radius 3 is 2.76 bits per heavy atom. The third-order valence-corrected chi connectivity index (χ3v) is 4.90. The first-order chi connectivity index (χ1) is 11.7. The summed E-state index contributed by atoms with van der Waals surface area (Å²) in [6, 6.07) is 2.78. The van der Waals surface area contributed by atoms with Crippen LogP contribution in [0.5, 0.6) is 0 Å². The lowest BCUT2D eigenvalue weighted by molar-refractivity contribution is 0.0461. The average Bonchev–Trinajstić information content (AvgIpc) is 2.49. The molecule has 2 heterocycles. The monoisotopic (exact) mass is 389 g/mol. The van der Waals surface area contributed by atoms with Gasteiger partial charge >= 0.3 is 6.09 Å². The van der Waals surface area contributed by atoms with E-state index in [1.807, 2.05) is 6.07 Å². The first-order valence-electron chi connectivity index (χ1n) is 8.20. The van der Waals surface area contributed by atoms with Gasteiger partial charge in [-0.25, -0.2) is 22.9 Å². The maximum absolute atomic E-state index is 12.5. The molecular formula is C16H24ClN3O4S. The Labute approximate surface area is 153 Å². The molecule has 0 saturated carbocycles. The van der Waals surface area contributed by atoms with E-state index in [2.05, 4.69) is 9.71 Å². The van der Waals surface area contributed by atoms with E-state index in [9.17, 15) is 13.2 Å². The number of carbonyl (C=O) groups is 1. The quantitative estimate of drug-likeness (QED) is 0.780. The molecular weight excluding hydrogens is 366 g/mol. The molecule has 0 bridgehead atoms. The Balaban J connectivity index is 2.26. The SMILES string of the molecule is CC(C)OC(=O)N1CCCC(NS(C)(=O)=O)C1Cc1ccc(Cl)nc1. The fourth-order valence-electron chi connectivity index (χ4n) is 2.99. The van der Waals surface area contributed by atoms with E-state index in [4.69, 9.17) is 16.3 Å². The summed E-state index contributed by atoms with van der Waals surface area (Å²) in [7, 11) is -3.39. The van der Waals surface area contributed by atoms with Crippen molar-refractivity contribution in [1.82, 2.24) is 14.6 Å². The number of nitrogens with zero attached hydrogens (tertiary/aromatic N) is 2. The number of amides is 1. The second-order valence-electron chi connectivity index (χ2n) is 6.53. The number of ether oxygens (including phenoxy) is 1. The summed E-state index contributed by atoms with van der Waals surface area (Å²) >= 11 is 5.82. The number of aromatic nitrogens is 1. The lowest BCUT2D eigenvalue weighted by Crippen LogP contribution is -2.58. The molecule has 1 aliphatic heterocycles. The Bertz CT molecular complexity index is 694. The van der Waals surface area contributed by atoms with Crippen molar-refractivity contribution in [3.8, 4) is 0 Å². The van der Waals surface area contributed by atoms with Gasteiger partial charge in [-0.2, -0.15) is 0 Å². The molecule has 140 valence electrons. The number of halogens is 1. The molecule has 0 radical (unpaired) electrons. The van der Waals surface area contributed by atoms with Gasteiger partial charge in [-0.15, -0.1) is 0 Å². The Hall–Kier alpha value is -1.38. The van der Waals surface area contributed by atoms with Crippen LogP contribution in [0.15, 0.2) is 18.3 Å². The standard InChI is InChI=1S/C16H24ClN3O4S/c1-11(2)24-16(21)20-8-4-5-13(19-25(3,22)23)14(20)9-12-6-7-15(17)18-10-12/h6-7,10-11,13-14,19H,4-5,8-9H2,1-3H3. The van der Waals surface area contributed by atoms with Crippen molar-refractivity contribution >= 4 is 27.7 Å². The van der Waals surface area contributed by atoms with Gasteiger partial charge in [0.15, 0.2) is 0 Å². The van der Waals surface area contributed by atoms with Gasteiger partial charge < -0.3 is 9.64 Å². The van der Waals surface area contributed by atoms with E-state index in [0.29, 0.717) is 31.0 Å². The number of rotatable bonds is 5. The minimum atomic E-state index is -3.39. The molecule has 2 atom stereocenters. The number of carbonyl (C=O) groups excluding carboxylic acids is 1. The minimum absolute atomic E-state index is 0.242. The lowest BCUT2D eigenvalue weighted by atomic mass is 9.92. The number of pyridine rings is 1. The molecule has 2 unspecified atom stereocenters. The van der Waals surface area contributed by atoms with Crippen molar-refractivity contribution in [2.24, 2.45) is 0 Å². The number of likely N-dealkylation sites (tertiary alicyclic amines) is 1. The Kier molecular flexibility index (Phi) is 6.65. The maximum Gasteiger partial charge on any atom is 0.410 e. The Morgan fingerprint density at radius 1 is 1.48 bits per heavy atom. The topological polar surface area (TPSA) is 88.6 Å². The van der Waals surface area contributed by atoms with Gasteiger partial charge in [0, 0.05) is 18.8 Å². The Morgan fingerprint density at radius 2 is 2.20 bits per heavy atom. The molecule has 0 aromatic carbocycles. The van der Waals surface area contributed by atoms with E-state index >= 15 is 0 Å². The molecule has 1 aromatic rings. The zero-order valence-electron chi connectivity index (χ0n) is 14.6. The van der Waals surface area contributed by atoms with Crippen LogP contribution in [0.1, 0.15) is 32.3 Å². The molecule has 9 heteroatoms. The van der Waals surface area contributed by atoms with Gasteiger partial charge in [0.25, 0.3) is 0 Å². The van der Waals surface area contributed by atoms with E-state index in [1.165, 1.54) is 0 Å². The van der Waals surface area contributed by atoms with E-state index in [0.717, 1.165) is 11.8 Å². The maximum atomic E-state index is 12.5. The van der Waals surface area contributed by atoms with Crippen molar-refractivity contribution in [2.75, 3.05) is 12.8 Å². The first kappa shape index (κ1) is 19.9. The normalized spacial score (nSPS) is 21.4. The molecule has 1 saturated heterocycles. The van der Waals surface area contributed by atoms with E-state index in [1.54, 1.807) is 31.0 Å². The number of hydrogen-bond donors (Lipinski definition) is 1. The number of sulfonamides is 1. The van der Waals surface area contributed by atoms with Crippen molar-refractivity contribution in [3.05, 3.63) is 29.0 Å². The molecule has 1 N–H and O–H groups in total. The molecule has 2 rings (SSSR count). The predicted octanol–water partition coefficient (Wildman–Crippen LogP) is 2.20. The summed E-state index contributed by atoms with van der Waals surface area (Å²) in [5.41, 5.74) is 0.874.